The Bertz CT molecular complexity index is 1170. The number of nitriles is 1. The molecule has 136 valence electrons. The van der Waals surface area contributed by atoms with Crippen LogP contribution < -0.4 is 5.56 Å². The maximum atomic E-state index is 12.5. The molecule has 0 saturated carbocycles. The summed E-state index contributed by atoms with van der Waals surface area (Å²) in [6, 6.07) is 10.8. The number of aryl methyl sites for hydroxylation is 3. The van der Waals surface area contributed by atoms with Gasteiger partial charge in [-0.2, -0.15) is 15.5 Å². The Kier molecular flexibility index (Phi) is 5.17. The fourth-order valence-corrected chi connectivity index (χ4v) is 3.22. The van der Waals surface area contributed by atoms with Crippen LogP contribution in [0.1, 0.15) is 28.1 Å². The van der Waals surface area contributed by atoms with Crippen LogP contribution in [0.5, 0.6) is 0 Å². The quantitative estimate of drug-likeness (QED) is 0.624. The molecule has 0 aliphatic heterocycles. The average molecular weight is 400 g/mol. The highest BCUT2D eigenvalue weighted by Crippen LogP contribution is 2.23. The molecule has 0 atom stereocenters. The van der Waals surface area contributed by atoms with E-state index >= 15 is 0 Å². The highest BCUT2D eigenvalue weighted by molar-refractivity contribution is 6.32. The van der Waals surface area contributed by atoms with Crippen LogP contribution in [0, 0.1) is 32.1 Å². The third-order valence-electron chi connectivity index (χ3n) is 4.07. The van der Waals surface area contributed by atoms with E-state index in [0.717, 1.165) is 0 Å². The number of hydrogen-bond donors (Lipinski definition) is 0. The predicted octanol–water partition coefficient (Wildman–Crippen LogP) is 4.02. The molecule has 8 heteroatoms. The summed E-state index contributed by atoms with van der Waals surface area (Å²) in [4.78, 5) is 12.5. The van der Waals surface area contributed by atoms with Gasteiger partial charge in [-0.15, -0.1) is 0 Å². The summed E-state index contributed by atoms with van der Waals surface area (Å²) < 4.78 is 2.73. The molecular weight excluding hydrogens is 385 g/mol. The van der Waals surface area contributed by atoms with Crippen LogP contribution in [-0.4, -0.2) is 20.7 Å². The molecule has 6 nitrogen and oxygen atoms in total. The number of hydrogen-bond acceptors (Lipinski definition) is 4. The van der Waals surface area contributed by atoms with Crippen LogP contribution in [0.4, 0.5) is 0 Å². The van der Waals surface area contributed by atoms with Gasteiger partial charge in [-0.05, 0) is 50.6 Å². The van der Waals surface area contributed by atoms with Crippen LogP contribution in [0.2, 0.25) is 10.2 Å². The second-order valence-electron chi connectivity index (χ2n) is 6.00. The number of aromatic nitrogens is 3. The first kappa shape index (κ1) is 18.9. The van der Waals surface area contributed by atoms with Crippen molar-refractivity contribution >= 4 is 29.4 Å². The Labute approximate surface area is 165 Å². The minimum Gasteiger partial charge on any atom is -0.266 e. The fourth-order valence-electron chi connectivity index (χ4n) is 2.71. The fraction of sp³-hybridized carbons (Fsp3) is 0.158. The Morgan fingerprint density at radius 1 is 1.22 bits per heavy atom. The second kappa shape index (κ2) is 7.39. The Hall–Kier alpha value is -2.88. The van der Waals surface area contributed by atoms with Crippen molar-refractivity contribution < 1.29 is 0 Å². The molecule has 3 rings (SSSR count). The number of halogens is 2. The molecule has 2 aromatic heterocycles. The Morgan fingerprint density at radius 3 is 2.63 bits per heavy atom. The molecule has 1 aromatic carbocycles. The van der Waals surface area contributed by atoms with E-state index in [1.165, 1.54) is 10.9 Å². The van der Waals surface area contributed by atoms with E-state index < -0.39 is 5.56 Å². The van der Waals surface area contributed by atoms with E-state index in [0.29, 0.717) is 38.4 Å². The van der Waals surface area contributed by atoms with E-state index in [1.54, 1.807) is 49.7 Å². The molecule has 0 amide bonds. The number of benzene rings is 1. The van der Waals surface area contributed by atoms with Crippen molar-refractivity contribution in [2.45, 2.75) is 20.8 Å². The van der Waals surface area contributed by atoms with Crippen molar-refractivity contribution in [2.75, 3.05) is 0 Å². The van der Waals surface area contributed by atoms with Crippen molar-refractivity contribution in [1.29, 1.82) is 5.26 Å². The van der Waals surface area contributed by atoms with E-state index in [-0.39, 0.29) is 5.56 Å². The molecule has 3 aromatic rings. The molecule has 0 radical (unpaired) electrons. The summed E-state index contributed by atoms with van der Waals surface area (Å²) in [7, 11) is 0. The lowest BCUT2D eigenvalue weighted by Gasteiger charge is -2.06. The summed E-state index contributed by atoms with van der Waals surface area (Å²) in [5.41, 5.74) is 2.76. The van der Waals surface area contributed by atoms with E-state index in [4.69, 9.17) is 23.2 Å². The van der Waals surface area contributed by atoms with Gasteiger partial charge in [0.25, 0.3) is 5.56 Å². The smallest absolute Gasteiger partial charge is 0.266 e. The molecular formula is C19H15Cl2N5O. The van der Waals surface area contributed by atoms with Gasteiger partial charge in [0.05, 0.1) is 23.2 Å². The Balaban J connectivity index is 2.08. The zero-order chi connectivity index (χ0) is 19.7. The minimum absolute atomic E-state index is 0.0650. The molecule has 0 saturated heterocycles. The highest BCUT2D eigenvalue weighted by Gasteiger charge is 2.14. The molecule has 0 aliphatic rings. The van der Waals surface area contributed by atoms with Crippen molar-refractivity contribution in [3.05, 3.63) is 78.9 Å². The molecule has 27 heavy (non-hydrogen) atoms. The molecule has 0 fully saturated rings. The molecule has 0 bridgehead atoms. The predicted molar refractivity (Wildman–Crippen MR) is 106 cm³/mol. The number of nitrogens with zero attached hydrogens (tertiary/aromatic N) is 5. The third kappa shape index (κ3) is 3.52. The lowest BCUT2D eigenvalue weighted by molar-refractivity contribution is 0.786. The molecule has 0 unspecified atom stereocenters. The SMILES string of the molecule is Cc1cc(C)n(N=Cc2c(C)nn(-c3cccc(Cl)c3)c2Cl)c(=O)c1C#N. The monoisotopic (exact) mass is 399 g/mol. The first-order chi connectivity index (χ1) is 12.8. The van der Waals surface area contributed by atoms with Gasteiger partial charge >= 0.3 is 0 Å². The molecule has 0 N–H and O–H groups in total. The van der Waals surface area contributed by atoms with Crippen molar-refractivity contribution in [3.8, 4) is 11.8 Å². The van der Waals surface area contributed by atoms with Crippen LogP contribution in [0.15, 0.2) is 40.2 Å². The summed E-state index contributed by atoms with van der Waals surface area (Å²) in [6.45, 7) is 5.26. The van der Waals surface area contributed by atoms with Crippen LogP contribution in [0.3, 0.4) is 0 Å². The van der Waals surface area contributed by atoms with E-state index in [9.17, 15) is 10.1 Å². The normalized spacial score (nSPS) is 11.1. The zero-order valence-electron chi connectivity index (χ0n) is 14.9. The number of pyridine rings is 1. The van der Waals surface area contributed by atoms with Gasteiger partial charge in [-0.1, -0.05) is 29.3 Å². The standard InChI is InChI=1S/C19H15Cl2N5O/c1-11-7-12(2)25(19(27)16(11)9-22)23-10-17-13(3)24-26(18(17)21)15-6-4-5-14(20)8-15/h4-8,10H,1-3H3. The van der Waals surface area contributed by atoms with Gasteiger partial charge in [-0.3, -0.25) is 4.79 Å². The highest BCUT2D eigenvalue weighted by atomic mass is 35.5. The summed E-state index contributed by atoms with van der Waals surface area (Å²) in [5, 5.41) is 18.7. The Morgan fingerprint density at radius 2 is 1.96 bits per heavy atom. The van der Waals surface area contributed by atoms with Gasteiger partial charge in [0.15, 0.2) is 0 Å². The van der Waals surface area contributed by atoms with Crippen LogP contribution in [-0.2, 0) is 0 Å². The van der Waals surface area contributed by atoms with Gasteiger partial charge < -0.3 is 0 Å². The lowest BCUT2D eigenvalue weighted by Crippen LogP contribution is -2.22. The van der Waals surface area contributed by atoms with Gasteiger partial charge in [-0.25, -0.2) is 9.36 Å². The van der Waals surface area contributed by atoms with Gasteiger partial charge in [0, 0.05) is 10.7 Å². The first-order valence-electron chi connectivity index (χ1n) is 8.02. The van der Waals surface area contributed by atoms with Crippen molar-refractivity contribution in [2.24, 2.45) is 5.10 Å². The largest absolute Gasteiger partial charge is 0.289 e. The number of rotatable bonds is 3. The maximum absolute atomic E-state index is 12.5. The average Bonchev–Trinajstić information content (AvgIpc) is 2.89. The topological polar surface area (TPSA) is 76.0 Å². The first-order valence-corrected chi connectivity index (χ1v) is 8.78. The van der Waals surface area contributed by atoms with Crippen molar-refractivity contribution in [1.82, 2.24) is 14.5 Å². The third-order valence-corrected chi connectivity index (χ3v) is 4.67. The van der Waals surface area contributed by atoms with Gasteiger partial charge in [0.1, 0.15) is 16.8 Å². The van der Waals surface area contributed by atoms with E-state index in [2.05, 4.69) is 10.2 Å². The zero-order valence-corrected chi connectivity index (χ0v) is 16.4. The van der Waals surface area contributed by atoms with Gasteiger partial charge in [0.2, 0.25) is 0 Å². The summed E-state index contributed by atoms with van der Waals surface area (Å²) in [6.07, 6.45) is 1.47. The molecule has 0 aliphatic carbocycles. The summed E-state index contributed by atoms with van der Waals surface area (Å²) >= 11 is 12.5. The maximum Gasteiger partial charge on any atom is 0.289 e. The summed E-state index contributed by atoms with van der Waals surface area (Å²) in [5.74, 6) is 0. The van der Waals surface area contributed by atoms with Crippen molar-refractivity contribution in [3.63, 3.8) is 0 Å². The molecule has 0 spiro atoms. The molecule has 2 heterocycles. The van der Waals surface area contributed by atoms with Crippen LogP contribution >= 0.6 is 23.2 Å². The lowest BCUT2D eigenvalue weighted by atomic mass is 10.1. The minimum atomic E-state index is -0.470. The second-order valence-corrected chi connectivity index (χ2v) is 6.79. The van der Waals surface area contributed by atoms with E-state index in [1.807, 2.05) is 12.1 Å². The van der Waals surface area contributed by atoms with Crippen LogP contribution in [0.25, 0.3) is 5.69 Å².